The van der Waals surface area contributed by atoms with Crippen LogP contribution in [-0.4, -0.2) is 9.55 Å². The molecule has 0 saturated carbocycles. The summed E-state index contributed by atoms with van der Waals surface area (Å²) in [6.07, 6.45) is 0. The summed E-state index contributed by atoms with van der Waals surface area (Å²) >= 11 is 0. The summed E-state index contributed by atoms with van der Waals surface area (Å²) in [4.78, 5) is 5.05. The topological polar surface area (TPSA) is 17.8 Å². The zero-order valence-electron chi connectivity index (χ0n) is 16.9. The van der Waals surface area contributed by atoms with Gasteiger partial charge in [-0.3, -0.25) is 4.57 Å². The lowest BCUT2D eigenvalue weighted by Crippen LogP contribution is -2.00. The molecule has 0 spiro atoms. The van der Waals surface area contributed by atoms with Crippen LogP contribution in [0.25, 0.3) is 50.0 Å². The van der Waals surface area contributed by atoms with Crippen LogP contribution in [0.5, 0.6) is 0 Å². The Balaban J connectivity index is 1.77. The smallest absolute Gasteiger partial charge is 0.138 e. The van der Waals surface area contributed by atoms with E-state index < -0.39 is 0 Å². The number of aromatic nitrogens is 2. The molecule has 4 aromatic carbocycles. The fourth-order valence-electron chi connectivity index (χ4n) is 4.42. The summed E-state index contributed by atoms with van der Waals surface area (Å²) < 4.78 is 2.30. The van der Waals surface area contributed by atoms with E-state index in [9.17, 15) is 0 Å². The van der Waals surface area contributed by atoms with Gasteiger partial charge in [-0.05, 0) is 35.4 Å². The van der Waals surface area contributed by atoms with Gasteiger partial charge in [0, 0.05) is 16.3 Å². The fourth-order valence-corrected chi connectivity index (χ4v) is 4.42. The molecule has 0 aliphatic heterocycles. The van der Waals surface area contributed by atoms with Crippen molar-refractivity contribution in [2.24, 2.45) is 0 Å². The van der Waals surface area contributed by atoms with Crippen LogP contribution in [0.4, 0.5) is 0 Å². The van der Waals surface area contributed by atoms with Crippen LogP contribution in [0.2, 0.25) is 0 Å². The van der Waals surface area contributed by atoms with E-state index in [1.165, 1.54) is 22.1 Å². The monoisotopic (exact) mass is 396 g/mol. The second kappa shape index (κ2) is 7.26. The predicted octanol–water partition coefficient (Wildman–Crippen LogP) is 7.51. The molecule has 2 aromatic heterocycles. The van der Waals surface area contributed by atoms with Crippen molar-refractivity contribution in [1.29, 1.82) is 0 Å². The van der Waals surface area contributed by atoms with Crippen molar-refractivity contribution in [1.82, 2.24) is 9.55 Å². The second-order valence-electron chi connectivity index (χ2n) is 7.67. The molecule has 0 saturated heterocycles. The molecule has 6 rings (SSSR count). The average Bonchev–Trinajstić information content (AvgIpc) is 3.20. The zero-order valence-corrected chi connectivity index (χ0v) is 16.9. The van der Waals surface area contributed by atoms with E-state index in [2.05, 4.69) is 120 Å². The van der Waals surface area contributed by atoms with Crippen molar-refractivity contribution in [3.8, 4) is 28.2 Å². The van der Waals surface area contributed by atoms with E-state index in [1.807, 2.05) is 6.07 Å². The SMILES string of the molecule is c1ccc(-c2c(-c3ccccc3)n(-c3ccc4ccccc4n3)c3ccccc23)cc1. The van der Waals surface area contributed by atoms with Gasteiger partial charge in [0.25, 0.3) is 0 Å². The van der Waals surface area contributed by atoms with E-state index in [4.69, 9.17) is 4.98 Å². The van der Waals surface area contributed by atoms with Crippen molar-refractivity contribution in [3.05, 3.63) is 121 Å². The van der Waals surface area contributed by atoms with Gasteiger partial charge >= 0.3 is 0 Å². The number of nitrogens with zero attached hydrogens (tertiary/aromatic N) is 2. The maximum atomic E-state index is 5.05. The van der Waals surface area contributed by atoms with Crippen LogP contribution in [0.1, 0.15) is 0 Å². The summed E-state index contributed by atoms with van der Waals surface area (Å²) in [5.41, 5.74) is 6.93. The second-order valence-corrected chi connectivity index (χ2v) is 7.67. The standard InChI is InChI=1S/C29H20N2/c1-3-12-22(13-4-1)28-24-16-8-10-18-26(24)31(29(28)23-14-5-2-6-15-23)27-20-19-21-11-7-9-17-25(21)30-27/h1-20H. The van der Waals surface area contributed by atoms with Gasteiger partial charge in [0.15, 0.2) is 0 Å². The third kappa shape index (κ3) is 2.92. The van der Waals surface area contributed by atoms with E-state index in [0.717, 1.165) is 27.9 Å². The molecule has 31 heavy (non-hydrogen) atoms. The average molecular weight is 396 g/mol. The normalized spacial score (nSPS) is 11.2. The summed E-state index contributed by atoms with van der Waals surface area (Å²) in [5, 5.41) is 2.37. The number of rotatable bonds is 3. The molecule has 0 aliphatic rings. The molecule has 146 valence electrons. The number of benzene rings is 4. The van der Waals surface area contributed by atoms with E-state index >= 15 is 0 Å². The van der Waals surface area contributed by atoms with E-state index in [-0.39, 0.29) is 0 Å². The van der Waals surface area contributed by atoms with Crippen molar-refractivity contribution < 1.29 is 0 Å². The third-order valence-corrected chi connectivity index (χ3v) is 5.80. The lowest BCUT2D eigenvalue weighted by atomic mass is 9.98. The third-order valence-electron chi connectivity index (χ3n) is 5.80. The van der Waals surface area contributed by atoms with Crippen molar-refractivity contribution in [3.63, 3.8) is 0 Å². The summed E-state index contributed by atoms with van der Waals surface area (Å²) in [5.74, 6) is 0.927. The molecule has 0 unspecified atom stereocenters. The molecule has 0 aliphatic carbocycles. The molecule has 0 amide bonds. The van der Waals surface area contributed by atoms with Gasteiger partial charge < -0.3 is 0 Å². The molecular formula is C29H20N2. The Hall–Kier alpha value is -4.17. The number of fused-ring (bicyclic) bond motifs is 2. The summed E-state index contributed by atoms with van der Waals surface area (Å²) in [6.45, 7) is 0. The van der Waals surface area contributed by atoms with Crippen molar-refractivity contribution >= 4 is 21.8 Å². The highest BCUT2D eigenvalue weighted by molar-refractivity contribution is 6.05. The van der Waals surface area contributed by atoms with Gasteiger partial charge in [0.2, 0.25) is 0 Å². The lowest BCUT2D eigenvalue weighted by Gasteiger charge is -2.13. The van der Waals surface area contributed by atoms with Crippen LogP contribution in [0.3, 0.4) is 0 Å². The number of para-hydroxylation sites is 2. The predicted molar refractivity (Wildman–Crippen MR) is 129 cm³/mol. The Morgan fingerprint density at radius 2 is 1.16 bits per heavy atom. The van der Waals surface area contributed by atoms with Crippen LogP contribution >= 0.6 is 0 Å². The van der Waals surface area contributed by atoms with Crippen molar-refractivity contribution in [2.45, 2.75) is 0 Å². The first kappa shape index (κ1) is 17.7. The molecule has 0 bridgehead atoms. The molecule has 2 heterocycles. The molecule has 0 N–H and O–H groups in total. The van der Waals surface area contributed by atoms with Crippen molar-refractivity contribution in [2.75, 3.05) is 0 Å². The molecule has 6 aromatic rings. The van der Waals surface area contributed by atoms with Gasteiger partial charge in [-0.1, -0.05) is 97.1 Å². The molecule has 2 nitrogen and oxygen atoms in total. The first-order chi connectivity index (χ1) is 15.4. The largest absolute Gasteiger partial charge is 0.293 e. The molecule has 0 atom stereocenters. The first-order valence-corrected chi connectivity index (χ1v) is 10.5. The number of hydrogen-bond acceptors (Lipinski definition) is 1. The Morgan fingerprint density at radius 3 is 1.97 bits per heavy atom. The van der Waals surface area contributed by atoms with Gasteiger partial charge in [0.1, 0.15) is 5.82 Å². The Kier molecular flexibility index (Phi) is 4.14. The molecule has 0 radical (unpaired) electrons. The molecule has 2 heteroatoms. The Labute approximate surface area is 181 Å². The van der Waals surface area contributed by atoms with E-state index in [0.29, 0.717) is 0 Å². The van der Waals surface area contributed by atoms with Gasteiger partial charge in [-0.25, -0.2) is 4.98 Å². The highest BCUT2D eigenvalue weighted by Gasteiger charge is 2.21. The minimum atomic E-state index is 0.927. The molecular weight excluding hydrogens is 376 g/mol. The summed E-state index contributed by atoms with van der Waals surface area (Å²) in [6, 6.07) is 42.4. The van der Waals surface area contributed by atoms with Crippen LogP contribution in [-0.2, 0) is 0 Å². The number of hydrogen-bond donors (Lipinski definition) is 0. The van der Waals surface area contributed by atoms with Crippen LogP contribution in [0, 0.1) is 0 Å². The van der Waals surface area contributed by atoms with Crippen LogP contribution < -0.4 is 0 Å². The maximum Gasteiger partial charge on any atom is 0.138 e. The Bertz CT molecular complexity index is 1510. The lowest BCUT2D eigenvalue weighted by molar-refractivity contribution is 1.07. The minimum absolute atomic E-state index is 0.927. The first-order valence-electron chi connectivity index (χ1n) is 10.5. The Morgan fingerprint density at radius 1 is 0.516 bits per heavy atom. The van der Waals surface area contributed by atoms with Gasteiger partial charge in [-0.15, -0.1) is 0 Å². The quantitative estimate of drug-likeness (QED) is 0.303. The van der Waals surface area contributed by atoms with Gasteiger partial charge in [0.05, 0.1) is 16.7 Å². The minimum Gasteiger partial charge on any atom is -0.293 e. The maximum absolute atomic E-state index is 5.05. The van der Waals surface area contributed by atoms with E-state index in [1.54, 1.807) is 0 Å². The van der Waals surface area contributed by atoms with Crippen LogP contribution in [0.15, 0.2) is 121 Å². The number of pyridine rings is 1. The highest BCUT2D eigenvalue weighted by atomic mass is 15.1. The van der Waals surface area contributed by atoms with Gasteiger partial charge in [-0.2, -0.15) is 0 Å². The summed E-state index contributed by atoms with van der Waals surface area (Å²) in [7, 11) is 0. The zero-order chi connectivity index (χ0) is 20.6. The fraction of sp³-hybridized carbons (Fsp3) is 0. The highest BCUT2D eigenvalue weighted by Crippen LogP contribution is 2.42. The molecule has 0 fully saturated rings.